The van der Waals surface area contributed by atoms with Crippen LogP contribution >= 0.6 is 11.6 Å². The van der Waals surface area contributed by atoms with Gasteiger partial charge in [0.15, 0.2) is 0 Å². The molecule has 2 aromatic rings. The van der Waals surface area contributed by atoms with Crippen molar-refractivity contribution < 1.29 is 24.2 Å². The van der Waals surface area contributed by atoms with Crippen molar-refractivity contribution in [2.24, 2.45) is 0 Å². The Bertz CT molecular complexity index is 1100. The molecule has 0 spiro atoms. The van der Waals surface area contributed by atoms with E-state index >= 15 is 0 Å². The third-order valence-corrected chi connectivity index (χ3v) is 6.71. The van der Waals surface area contributed by atoms with Crippen molar-refractivity contribution in [2.45, 2.75) is 44.7 Å². The van der Waals surface area contributed by atoms with Gasteiger partial charge in [-0.1, -0.05) is 48.7 Å². The van der Waals surface area contributed by atoms with Crippen LogP contribution in [0.3, 0.4) is 0 Å². The number of hydrogen-bond donors (Lipinski definition) is 1. The molecule has 1 saturated heterocycles. The van der Waals surface area contributed by atoms with Gasteiger partial charge in [-0.15, -0.1) is 0 Å². The number of methoxy groups -OCH3 is 2. The molecule has 0 bridgehead atoms. The summed E-state index contributed by atoms with van der Waals surface area (Å²) in [6, 6.07) is 9.96. The molecule has 4 rings (SSSR count). The van der Waals surface area contributed by atoms with Crippen molar-refractivity contribution in [3.05, 3.63) is 63.7 Å². The Balaban J connectivity index is 1.96. The molecule has 1 atom stereocenters. The topological polar surface area (TPSA) is 76.1 Å². The van der Waals surface area contributed by atoms with Crippen molar-refractivity contribution in [1.82, 2.24) is 4.90 Å². The summed E-state index contributed by atoms with van der Waals surface area (Å²) in [5, 5.41) is 11.7. The van der Waals surface area contributed by atoms with Gasteiger partial charge in [0, 0.05) is 12.1 Å². The lowest BCUT2D eigenvalue weighted by molar-refractivity contribution is -0.141. The summed E-state index contributed by atoms with van der Waals surface area (Å²) in [7, 11) is 2.91. The molecular formula is C25H26ClNO5. The zero-order valence-corrected chi connectivity index (χ0v) is 19.1. The Kier molecular flexibility index (Phi) is 6.15. The molecule has 1 saturated carbocycles. The highest BCUT2D eigenvalue weighted by Gasteiger charge is 2.49. The Labute approximate surface area is 192 Å². The van der Waals surface area contributed by atoms with E-state index in [4.69, 9.17) is 21.1 Å². The molecule has 32 heavy (non-hydrogen) atoms. The first kappa shape index (κ1) is 22.2. The van der Waals surface area contributed by atoms with Crippen molar-refractivity contribution in [1.29, 1.82) is 0 Å². The van der Waals surface area contributed by atoms with Crippen LogP contribution < -0.4 is 9.47 Å². The quantitative estimate of drug-likeness (QED) is 0.388. The van der Waals surface area contributed by atoms with Gasteiger partial charge in [0.25, 0.3) is 11.7 Å². The molecule has 7 heteroatoms. The van der Waals surface area contributed by atoms with Gasteiger partial charge in [0.05, 0.1) is 36.4 Å². The van der Waals surface area contributed by atoms with E-state index in [1.807, 2.05) is 31.2 Å². The number of aliphatic hydroxyl groups excluding tert-OH is 1. The number of halogens is 1. The van der Waals surface area contributed by atoms with Crippen molar-refractivity contribution in [3.8, 4) is 11.5 Å². The smallest absolute Gasteiger partial charge is 0.295 e. The lowest BCUT2D eigenvalue weighted by Gasteiger charge is -2.31. The first-order valence-electron chi connectivity index (χ1n) is 10.7. The molecule has 1 N–H and O–H groups in total. The zero-order valence-electron chi connectivity index (χ0n) is 18.4. The molecular weight excluding hydrogens is 430 g/mol. The number of nitrogens with zero attached hydrogens (tertiary/aromatic N) is 1. The van der Waals surface area contributed by atoms with E-state index < -0.39 is 17.7 Å². The van der Waals surface area contributed by atoms with Gasteiger partial charge in [-0.2, -0.15) is 0 Å². The lowest BCUT2D eigenvalue weighted by atomic mass is 9.91. The summed E-state index contributed by atoms with van der Waals surface area (Å²) in [5.41, 5.74) is 2.06. The summed E-state index contributed by atoms with van der Waals surface area (Å²) in [5.74, 6) is -0.968. The number of ether oxygens (including phenoxy) is 2. The van der Waals surface area contributed by atoms with Crippen LogP contribution in [0.2, 0.25) is 5.02 Å². The van der Waals surface area contributed by atoms with Gasteiger partial charge in [-0.25, -0.2) is 0 Å². The van der Waals surface area contributed by atoms with Crippen LogP contribution in [0.5, 0.6) is 11.5 Å². The van der Waals surface area contributed by atoms with E-state index in [9.17, 15) is 14.7 Å². The van der Waals surface area contributed by atoms with Gasteiger partial charge < -0.3 is 19.5 Å². The van der Waals surface area contributed by atoms with Gasteiger partial charge in [-0.05, 0) is 37.0 Å². The number of benzene rings is 2. The fourth-order valence-electron chi connectivity index (χ4n) is 4.80. The van der Waals surface area contributed by atoms with Gasteiger partial charge in [-0.3, -0.25) is 9.59 Å². The number of aryl methyl sites for hydroxylation is 1. The number of ketones is 1. The van der Waals surface area contributed by atoms with E-state index in [1.54, 1.807) is 4.90 Å². The van der Waals surface area contributed by atoms with E-state index in [0.717, 1.165) is 36.8 Å². The van der Waals surface area contributed by atoms with Crippen molar-refractivity contribution in [2.75, 3.05) is 14.2 Å². The summed E-state index contributed by atoms with van der Waals surface area (Å²) < 4.78 is 10.7. The largest absolute Gasteiger partial charge is 0.507 e. The predicted octanol–water partition coefficient (Wildman–Crippen LogP) is 5.03. The average molecular weight is 456 g/mol. The van der Waals surface area contributed by atoms with Crippen LogP contribution in [0, 0.1) is 6.92 Å². The summed E-state index contributed by atoms with van der Waals surface area (Å²) >= 11 is 6.22. The lowest BCUT2D eigenvalue weighted by Crippen LogP contribution is -2.37. The molecule has 0 aromatic heterocycles. The number of hydrogen-bond acceptors (Lipinski definition) is 5. The Morgan fingerprint density at radius 2 is 1.72 bits per heavy atom. The second kappa shape index (κ2) is 8.87. The number of carbonyl (C=O) groups is 2. The van der Waals surface area contributed by atoms with Crippen LogP contribution in [-0.2, 0) is 9.59 Å². The second-order valence-corrected chi connectivity index (χ2v) is 8.60. The maximum Gasteiger partial charge on any atom is 0.295 e. The van der Waals surface area contributed by atoms with Crippen molar-refractivity contribution >= 4 is 29.1 Å². The Hall–Kier alpha value is -2.99. The standard InChI is InChI=1S/C25H26ClNO5/c1-14-8-4-7-11-16(14)22-21(24(29)25(30)27(22)15-9-5-6-10-15)23(28)17-12-20(32-3)18(26)13-19(17)31-2/h4,7-8,11-13,15,22,28H,5-6,9-10H2,1-3H3/b23-21+. The minimum Gasteiger partial charge on any atom is -0.507 e. The molecule has 0 radical (unpaired) electrons. The SMILES string of the molecule is COc1cc(/C(O)=C2\C(=O)C(=O)N(C3CCCC3)C2c2ccccc2C)c(OC)cc1Cl. The Morgan fingerprint density at radius 3 is 2.34 bits per heavy atom. The maximum absolute atomic E-state index is 13.3. The van der Waals surface area contributed by atoms with Gasteiger partial charge >= 0.3 is 0 Å². The molecule has 1 aliphatic heterocycles. The van der Waals surface area contributed by atoms with Gasteiger partial charge in [0.1, 0.15) is 17.3 Å². The van der Waals surface area contributed by atoms with Crippen LogP contribution in [0.25, 0.3) is 5.76 Å². The van der Waals surface area contributed by atoms with Crippen molar-refractivity contribution in [3.63, 3.8) is 0 Å². The predicted molar refractivity (Wildman–Crippen MR) is 122 cm³/mol. The molecule has 6 nitrogen and oxygen atoms in total. The fourth-order valence-corrected chi connectivity index (χ4v) is 5.03. The minimum atomic E-state index is -0.696. The molecule has 1 heterocycles. The molecule has 2 aromatic carbocycles. The third-order valence-electron chi connectivity index (χ3n) is 6.41. The van der Waals surface area contributed by atoms with E-state index in [-0.39, 0.29) is 28.7 Å². The molecule has 1 amide bonds. The normalized spacial score (nSPS) is 20.8. The maximum atomic E-state index is 13.3. The van der Waals surface area contributed by atoms with Crippen LogP contribution in [-0.4, -0.2) is 42.0 Å². The zero-order chi connectivity index (χ0) is 23.0. The Morgan fingerprint density at radius 1 is 1.06 bits per heavy atom. The van der Waals surface area contributed by atoms with Gasteiger partial charge in [0.2, 0.25) is 0 Å². The molecule has 1 aliphatic carbocycles. The summed E-state index contributed by atoms with van der Waals surface area (Å²) in [4.78, 5) is 28.2. The third kappa shape index (κ3) is 3.62. The van der Waals surface area contributed by atoms with E-state index in [2.05, 4.69) is 0 Å². The minimum absolute atomic E-state index is 0.0389. The molecule has 168 valence electrons. The number of carbonyl (C=O) groups excluding carboxylic acids is 2. The molecule has 1 unspecified atom stereocenters. The number of aliphatic hydroxyl groups is 1. The summed E-state index contributed by atoms with van der Waals surface area (Å²) in [6.45, 7) is 1.94. The fraction of sp³-hybridized carbons (Fsp3) is 0.360. The summed E-state index contributed by atoms with van der Waals surface area (Å²) in [6.07, 6.45) is 3.70. The monoisotopic (exact) mass is 455 g/mol. The molecule has 2 fully saturated rings. The first-order valence-corrected chi connectivity index (χ1v) is 11.0. The van der Waals surface area contributed by atoms with E-state index in [0.29, 0.717) is 10.8 Å². The highest BCUT2D eigenvalue weighted by atomic mass is 35.5. The average Bonchev–Trinajstić information content (AvgIpc) is 3.40. The van der Waals surface area contributed by atoms with Crippen LogP contribution in [0.1, 0.15) is 48.4 Å². The molecule has 2 aliphatic rings. The number of amides is 1. The number of rotatable bonds is 5. The number of likely N-dealkylation sites (tertiary alicyclic amines) is 1. The van der Waals surface area contributed by atoms with E-state index in [1.165, 1.54) is 26.4 Å². The number of Topliss-reactive ketones (excluding diaryl/α,β-unsaturated/α-hetero) is 1. The highest BCUT2D eigenvalue weighted by Crippen LogP contribution is 2.46. The highest BCUT2D eigenvalue weighted by molar-refractivity contribution is 6.46. The van der Waals surface area contributed by atoms with Crippen LogP contribution in [0.15, 0.2) is 42.0 Å². The van der Waals surface area contributed by atoms with Crippen LogP contribution in [0.4, 0.5) is 0 Å². The first-order chi connectivity index (χ1) is 15.4. The second-order valence-electron chi connectivity index (χ2n) is 8.19.